The molecule has 2 atom stereocenters. The molecule has 0 saturated heterocycles. The summed E-state index contributed by atoms with van der Waals surface area (Å²) in [5, 5.41) is 2.95. The van der Waals surface area contributed by atoms with Crippen molar-refractivity contribution >= 4 is 33.0 Å². The first-order valence-electron chi connectivity index (χ1n) is 7.15. The van der Waals surface area contributed by atoms with Crippen LogP contribution in [0.5, 0.6) is 0 Å². The number of hydrogen-bond acceptors (Lipinski definition) is 4. The van der Waals surface area contributed by atoms with Crippen molar-refractivity contribution in [3.8, 4) is 0 Å². The minimum absolute atomic E-state index is 0.0478. The minimum atomic E-state index is 0.0478. The molecule has 21 heavy (non-hydrogen) atoms. The Balaban J connectivity index is 1.64. The molecule has 7 heteroatoms. The SMILES string of the molecule is NC[C@H]1CCC[C@H]1C(=O)NCc1nc2ncc(Br)cc2[nH]1. The van der Waals surface area contributed by atoms with E-state index in [1.807, 2.05) is 6.07 Å². The lowest BCUT2D eigenvalue weighted by atomic mass is 9.95. The average Bonchev–Trinajstić information content (AvgIpc) is 3.10. The highest BCUT2D eigenvalue weighted by Gasteiger charge is 2.31. The molecule has 0 aromatic carbocycles. The van der Waals surface area contributed by atoms with Crippen LogP contribution >= 0.6 is 15.9 Å². The first-order chi connectivity index (χ1) is 10.2. The molecule has 3 rings (SSSR count). The number of H-pyrrole nitrogens is 1. The lowest BCUT2D eigenvalue weighted by Gasteiger charge is -2.16. The maximum Gasteiger partial charge on any atom is 0.223 e. The molecule has 0 spiro atoms. The Morgan fingerprint density at radius 2 is 2.38 bits per heavy atom. The number of aromatic nitrogens is 3. The monoisotopic (exact) mass is 351 g/mol. The van der Waals surface area contributed by atoms with Crippen LogP contribution in [-0.2, 0) is 11.3 Å². The number of halogens is 1. The van der Waals surface area contributed by atoms with Crippen molar-refractivity contribution in [2.45, 2.75) is 25.8 Å². The van der Waals surface area contributed by atoms with Crippen molar-refractivity contribution in [3.05, 3.63) is 22.6 Å². The number of aromatic amines is 1. The van der Waals surface area contributed by atoms with Crippen LogP contribution in [0.4, 0.5) is 0 Å². The van der Waals surface area contributed by atoms with Gasteiger partial charge in [-0.15, -0.1) is 0 Å². The van der Waals surface area contributed by atoms with Crippen molar-refractivity contribution in [1.29, 1.82) is 0 Å². The summed E-state index contributed by atoms with van der Waals surface area (Å²) in [5.74, 6) is 1.16. The molecule has 0 bridgehead atoms. The van der Waals surface area contributed by atoms with E-state index in [-0.39, 0.29) is 11.8 Å². The van der Waals surface area contributed by atoms with Gasteiger partial charge in [-0.3, -0.25) is 4.79 Å². The third kappa shape index (κ3) is 3.08. The summed E-state index contributed by atoms with van der Waals surface area (Å²) < 4.78 is 0.894. The van der Waals surface area contributed by atoms with Gasteiger partial charge < -0.3 is 16.0 Å². The van der Waals surface area contributed by atoms with E-state index in [9.17, 15) is 4.79 Å². The van der Waals surface area contributed by atoms with Crippen LogP contribution in [0.3, 0.4) is 0 Å². The standard InChI is InChI=1S/C14H18BrN5O/c15-9-4-11-13(17-6-9)20-12(19-11)7-18-14(21)10-3-1-2-8(10)5-16/h4,6,8,10H,1-3,5,7,16H2,(H,18,21)(H,17,19,20)/t8-,10-/m1/s1. The van der Waals surface area contributed by atoms with Gasteiger partial charge in [0.25, 0.3) is 0 Å². The zero-order valence-corrected chi connectivity index (χ0v) is 13.2. The Morgan fingerprint density at radius 1 is 1.52 bits per heavy atom. The predicted octanol–water partition coefficient (Wildman–Crippen LogP) is 1.71. The third-order valence-corrected chi connectivity index (χ3v) is 4.52. The molecule has 0 radical (unpaired) electrons. The summed E-state index contributed by atoms with van der Waals surface area (Å²) in [4.78, 5) is 24.0. The number of amides is 1. The van der Waals surface area contributed by atoms with Gasteiger partial charge in [0.05, 0.1) is 12.1 Å². The van der Waals surface area contributed by atoms with Gasteiger partial charge in [-0.25, -0.2) is 9.97 Å². The Labute approximate surface area is 131 Å². The van der Waals surface area contributed by atoms with Crippen LogP contribution in [0.1, 0.15) is 25.1 Å². The fraction of sp³-hybridized carbons (Fsp3) is 0.500. The summed E-state index contributed by atoms with van der Waals surface area (Å²) in [5.41, 5.74) is 7.23. The van der Waals surface area contributed by atoms with E-state index >= 15 is 0 Å². The summed E-state index contributed by atoms with van der Waals surface area (Å²) in [7, 11) is 0. The largest absolute Gasteiger partial charge is 0.349 e. The molecule has 6 nitrogen and oxygen atoms in total. The van der Waals surface area contributed by atoms with Crippen LogP contribution in [0.25, 0.3) is 11.2 Å². The number of fused-ring (bicyclic) bond motifs is 1. The molecule has 4 N–H and O–H groups in total. The van der Waals surface area contributed by atoms with Crippen LogP contribution in [0.2, 0.25) is 0 Å². The molecule has 2 aromatic rings. The summed E-state index contributed by atoms with van der Waals surface area (Å²) in [6.45, 7) is 0.973. The van der Waals surface area contributed by atoms with Crippen LogP contribution in [-0.4, -0.2) is 27.4 Å². The lowest BCUT2D eigenvalue weighted by molar-refractivity contribution is -0.126. The first kappa shape index (κ1) is 14.5. The number of nitrogens with one attached hydrogen (secondary N) is 2. The number of hydrogen-bond donors (Lipinski definition) is 3. The minimum Gasteiger partial charge on any atom is -0.349 e. The van der Waals surface area contributed by atoms with Gasteiger partial charge in [-0.2, -0.15) is 0 Å². The van der Waals surface area contributed by atoms with Crippen molar-refractivity contribution < 1.29 is 4.79 Å². The fourth-order valence-corrected chi connectivity index (χ4v) is 3.31. The second-order valence-electron chi connectivity index (χ2n) is 5.46. The summed E-state index contributed by atoms with van der Waals surface area (Å²) in [6, 6.07) is 1.92. The van der Waals surface area contributed by atoms with Gasteiger partial charge in [0.15, 0.2) is 5.65 Å². The third-order valence-electron chi connectivity index (χ3n) is 4.08. The molecular weight excluding hydrogens is 334 g/mol. The Bertz CT molecular complexity index is 656. The second kappa shape index (κ2) is 6.11. The van der Waals surface area contributed by atoms with Crippen molar-refractivity contribution in [2.24, 2.45) is 17.6 Å². The van der Waals surface area contributed by atoms with Gasteiger partial charge >= 0.3 is 0 Å². The molecule has 1 saturated carbocycles. The lowest BCUT2D eigenvalue weighted by Crippen LogP contribution is -2.34. The molecule has 2 heterocycles. The van der Waals surface area contributed by atoms with Gasteiger partial charge in [0.2, 0.25) is 5.91 Å². The number of nitrogens with two attached hydrogens (primary N) is 1. The second-order valence-corrected chi connectivity index (χ2v) is 6.37. The molecule has 2 aromatic heterocycles. The van der Waals surface area contributed by atoms with Gasteiger partial charge in [0.1, 0.15) is 5.82 Å². The topological polar surface area (TPSA) is 96.7 Å². The molecule has 0 aliphatic heterocycles. The highest BCUT2D eigenvalue weighted by molar-refractivity contribution is 9.10. The van der Waals surface area contributed by atoms with Crippen LogP contribution in [0.15, 0.2) is 16.7 Å². The number of imidazole rings is 1. The molecular formula is C14H18BrN5O. The summed E-state index contributed by atoms with van der Waals surface area (Å²) in [6.07, 6.45) is 4.78. The number of pyridine rings is 1. The molecule has 0 unspecified atom stereocenters. The molecule has 1 amide bonds. The zero-order valence-electron chi connectivity index (χ0n) is 11.6. The predicted molar refractivity (Wildman–Crippen MR) is 83.3 cm³/mol. The van der Waals surface area contributed by atoms with E-state index < -0.39 is 0 Å². The first-order valence-corrected chi connectivity index (χ1v) is 7.94. The van der Waals surface area contributed by atoms with E-state index in [0.29, 0.717) is 30.5 Å². The Morgan fingerprint density at radius 3 is 3.19 bits per heavy atom. The van der Waals surface area contributed by atoms with Crippen molar-refractivity contribution in [2.75, 3.05) is 6.54 Å². The van der Waals surface area contributed by atoms with E-state index in [1.54, 1.807) is 6.20 Å². The molecule has 1 fully saturated rings. The number of rotatable bonds is 4. The highest BCUT2D eigenvalue weighted by atomic mass is 79.9. The van der Waals surface area contributed by atoms with E-state index in [4.69, 9.17) is 5.73 Å². The summed E-state index contributed by atoms with van der Waals surface area (Å²) >= 11 is 3.37. The quantitative estimate of drug-likeness (QED) is 0.780. The van der Waals surface area contributed by atoms with Gasteiger partial charge in [-0.1, -0.05) is 6.42 Å². The molecule has 112 valence electrons. The Hall–Kier alpha value is -1.47. The van der Waals surface area contributed by atoms with Gasteiger partial charge in [-0.05, 0) is 47.3 Å². The average molecular weight is 352 g/mol. The van der Waals surface area contributed by atoms with E-state index in [0.717, 1.165) is 29.3 Å². The molecule has 1 aliphatic rings. The van der Waals surface area contributed by atoms with E-state index in [1.165, 1.54) is 0 Å². The smallest absolute Gasteiger partial charge is 0.223 e. The number of carbonyl (C=O) groups excluding carboxylic acids is 1. The van der Waals surface area contributed by atoms with Crippen molar-refractivity contribution in [3.63, 3.8) is 0 Å². The van der Waals surface area contributed by atoms with Crippen molar-refractivity contribution in [1.82, 2.24) is 20.3 Å². The maximum atomic E-state index is 12.2. The normalized spacial score (nSPS) is 21.8. The van der Waals surface area contributed by atoms with Crippen LogP contribution < -0.4 is 11.1 Å². The maximum absolute atomic E-state index is 12.2. The number of nitrogens with zero attached hydrogens (tertiary/aromatic N) is 2. The number of carbonyl (C=O) groups is 1. The zero-order chi connectivity index (χ0) is 14.8. The van der Waals surface area contributed by atoms with Crippen LogP contribution in [0, 0.1) is 11.8 Å². The highest BCUT2D eigenvalue weighted by Crippen LogP contribution is 2.30. The van der Waals surface area contributed by atoms with Gasteiger partial charge in [0, 0.05) is 16.6 Å². The van der Waals surface area contributed by atoms with E-state index in [2.05, 4.69) is 36.2 Å². The molecule has 1 aliphatic carbocycles. The fourth-order valence-electron chi connectivity index (χ4n) is 2.97. The Kier molecular flexibility index (Phi) is 4.21.